The van der Waals surface area contributed by atoms with Gasteiger partial charge in [-0.15, -0.1) is 0 Å². The van der Waals surface area contributed by atoms with Gasteiger partial charge in [0.15, 0.2) is 5.65 Å². The van der Waals surface area contributed by atoms with Gasteiger partial charge in [-0.2, -0.15) is 0 Å². The zero-order valence-corrected chi connectivity index (χ0v) is 21.5. The number of fused-ring (bicyclic) bond motifs is 2. The van der Waals surface area contributed by atoms with Crippen LogP contribution in [-0.4, -0.2) is 61.9 Å². The van der Waals surface area contributed by atoms with E-state index in [9.17, 15) is 9.18 Å². The third-order valence-electron chi connectivity index (χ3n) is 7.16. The van der Waals surface area contributed by atoms with Crippen molar-refractivity contribution < 1.29 is 9.18 Å². The number of hydrogen-bond donors (Lipinski definition) is 1. The minimum Gasteiger partial charge on any atom is -0.366 e. The minimum absolute atomic E-state index is 0.0494. The van der Waals surface area contributed by atoms with E-state index in [0.29, 0.717) is 43.3 Å². The zero-order valence-electron chi connectivity index (χ0n) is 20.7. The number of aromatic nitrogens is 5. The van der Waals surface area contributed by atoms with Crippen LogP contribution in [-0.2, 0) is 6.42 Å². The third kappa shape index (κ3) is 4.32. The number of aromatic amines is 1. The Balaban J connectivity index is 1.33. The first-order valence-corrected chi connectivity index (χ1v) is 12.9. The smallest absolute Gasteiger partial charge is 0.256 e. The molecule has 1 aliphatic heterocycles. The number of carbonyl (C=O) groups excluding carboxylic acids is 1. The Morgan fingerprint density at radius 3 is 2.71 bits per heavy atom. The van der Waals surface area contributed by atoms with Crippen LogP contribution in [0, 0.1) is 5.82 Å². The number of nitrogens with zero attached hydrogens (tertiary/aromatic N) is 6. The molecule has 0 spiro atoms. The second kappa shape index (κ2) is 9.98. The molecule has 10 heteroatoms. The molecule has 0 radical (unpaired) electrons. The van der Waals surface area contributed by atoms with Gasteiger partial charge >= 0.3 is 0 Å². The maximum absolute atomic E-state index is 14.3. The molecule has 0 aliphatic carbocycles. The van der Waals surface area contributed by atoms with Crippen LogP contribution < -0.4 is 4.90 Å². The Labute approximate surface area is 223 Å². The van der Waals surface area contributed by atoms with Crippen LogP contribution in [0.1, 0.15) is 34.5 Å². The highest BCUT2D eigenvalue weighted by Gasteiger charge is 2.28. The van der Waals surface area contributed by atoms with Gasteiger partial charge in [0.2, 0.25) is 0 Å². The monoisotopic (exact) mass is 529 g/mol. The fraction of sp³-hybridized carbons (Fsp3) is 0.250. The van der Waals surface area contributed by atoms with Crippen LogP contribution >= 0.6 is 11.6 Å². The molecule has 5 aromatic rings. The van der Waals surface area contributed by atoms with Crippen molar-refractivity contribution in [3.8, 4) is 0 Å². The summed E-state index contributed by atoms with van der Waals surface area (Å²) >= 11 is 6.76. The summed E-state index contributed by atoms with van der Waals surface area (Å²) in [5, 5.41) is 1.52. The lowest BCUT2D eigenvalue weighted by atomic mass is 9.92. The molecule has 1 amide bonds. The number of carbonyl (C=O) groups is 1. The lowest BCUT2D eigenvalue weighted by Gasteiger charge is -2.38. The van der Waals surface area contributed by atoms with Gasteiger partial charge in [-0.05, 0) is 48.2 Å². The molecule has 3 aromatic heterocycles. The van der Waals surface area contributed by atoms with Gasteiger partial charge in [-0.3, -0.25) is 9.78 Å². The van der Waals surface area contributed by atoms with Crippen LogP contribution in [0.4, 0.5) is 10.1 Å². The van der Waals surface area contributed by atoms with Crippen LogP contribution in [0.5, 0.6) is 0 Å². The maximum atomic E-state index is 14.3. The van der Waals surface area contributed by atoms with Gasteiger partial charge in [0.25, 0.3) is 5.91 Å². The third-order valence-corrected chi connectivity index (χ3v) is 7.48. The topological polar surface area (TPSA) is 90.9 Å². The first-order chi connectivity index (χ1) is 18.5. The summed E-state index contributed by atoms with van der Waals surface area (Å²) in [5.41, 5.74) is 5.33. The molecular weight excluding hydrogens is 505 g/mol. The second-order valence-corrected chi connectivity index (χ2v) is 9.89. The maximum Gasteiger partial charge on any atom is 0.256 e. The first-order valence-electron chi connectivity index (χ1n) is 12.5. The molecule has 1 N–H and O–H groups in total. The van der Waals surface area contributed by atoms with Gasteiger partial charge in [0, 0.05) is 37.8 Å². The van der Waals surface area contributed by atoms with Crippen LogP contribution in [0.15, 0.2) is 61.3 Å². The van der Waals surface area contributed by atoms with Crippen molar-refractivity contribution >= 4 is 45.3 Å². The highest BCUT2D eigenvalue weighted by Crippen LogP contribution is 2.40. The molecule has 0 saturated carbocycles. The van der Waals surface area contributed by atoms with Crippen molar-refractivity contribution in [2.75, 3.05) is 31.1 Å². The van der Waals surface area contributed by atoms with Crippen molar-refractivity contribution in [1.82, 2.24) is 29.8 Å². The number of anilines is 1. The number of rotatable bonds is 5. The van der Waals surface area contributed by atoms with Gasteiger partial charge in [0.1, 0.15) is 17.7 Å². The number of halogens is 2. The van der Waals surface area contributed by atoms with Crippen molar-refractivity contribution in [2.24, 2.45) is 0 Å². The Morgan fingerprint density at radius 2 is 1.89 bits per heavy atom. The Morgan fingerprint density at radius 1 is 1.08 bits per heavy atom. The molecule has 1 unspecified atom stereocenters. The van der Waals surface area contributed by atoms with Crippen molar-refractivity contribution in [2.45, 2.75) is 19.3 Å². The standard InChI is InChI=1S/C28H25ClFN7O/c1-17(13-23-25-27(34-15-32-23)35-16-33-25)20-14-21(29)18-6-4-8-31-24(18)26(20)36-9-11-37(12-10-36)28(38)19-5-2-3-7-22(19)30/h2-8,14-17H,9-13H2,1H3,(H,32,33,34,35). The minimum atomic E-state index is -0.500. The number of nitrogens with one attached hydrogen (secondary N) is 1. The van der Waals surface area contributed by atoms with E-state index in [2.05, 4.69) is 31.8 Å². The van der Waals surface area contributed by atoms with Gasteiger partial charge in [-0.25, -0.2) is 19.3 Å². The largest absolute Gasteiger partial charge is 0.366 e. The number of pyridine rings is 1. The van der Waals surface area contributed by atoms with Gasteiger partial charge in [-0.1, -0.05) is 30.7 Å². The van der Waals surface area contributed by atoms with Crippen molar-refractivity contribution in [3.05, 3.63) is 89.0 Å². The molecule has 8 nitrogen and oxygen atoms in total. The van der Waals surface area contributed by atoms with E-state index in [0.717, 1.165) is 33.4 Å². The van der Waals surface area contributed by atoms with E-state index in [4.69, 9.17) is 16.6 Å². The summed E-state index contributed by atoms with van der Waals surface area (Å²) in [6.45, 7) is 4.26. The van der Waals surface area contributed by atoms with E-state index in [1.807, 2.05) is 18.2 Å². The molecule has 192 valence electrons. The van der Waals surface area contributed by atoms with Crippen molar-refractivity contribution in [3.63, 3.8) is 0 Å². The molecule has 1 aliphatic rings. The quantitative estimate of drug-likeness (QED) is 0.344. The normalized spacial score (nSPS) is 14.8. The average Bonchev–Trinajstić information content (AvgIpc) is 3.43. The summed E-state index contributed by atoms with van der Waals surface area (Å²) in [7, 11) is 0. The molecule has 1 saturated heterocycles. The summed E-state index contributed by atoms with van der Waals surface area (Å²) in [5.74, 6) is -0.740. The predicted octanol–water partition coefficient (Wildman–Crippen LogP) is 5.00. The fourth-order valence-electron chi connectivity index (χ4n) is 5.22. The van der Waals surface area contributed by atoms with Crippen LogP contribution in [0.3, 0.4) is 0 Å². The Bertz CT molecular complexity index is 1650. The number of imidazole rings is 1. The summed E-state index contributed by atoms with van der Waals surface area (Å²) in [6, 6.07) is 12.0. The van der Waals surface area contributed by atoms with E-state index in [1.165, 1.54) is 18.5 Å². The molecular formula is C28H25ClFN7O. The number of amides is 1. The second-order valence-electron chi connectivity index (χ2n) is 9.48. The Kier molecular flexibility index (Phi) is 6.37. The van der Waals surface area contributed by atoms with Crippen LogP contribution in [0.25, 0.3) is 22.1 Å². The average molecular weight is 530 g/mol. The number of piperazine rings is 1. The molecule has 0 bridgehead atoms. The molecule has 4 heterocycles. The summed E-state index contributed by atoms with van der Waals surface area (Å²) in [6.07, 6.45) is 5.58. The van der Waals surface area contributed by atoms with E-state index in [1.54, 1.807) is 29.6 Å². The van der Waals surface area contributed by atoms with Crippen molar-refractivity contribution in [1.29, 1.82) is 0 Å². The lowest BCUT2D eigenvalue weighted by molar-refractivity contribution is 0.0742. The Hall–Kier alpha value is -4.11. The van der Waals surface area contributed by atoms with E-state index >= 15 is 0 Å². The highest BCUT2D eigenvalue weighted by atomic mass is 35.5. The lowest BCUT2D eigenvalue weighted by Crippen LogP contribution is -2.49. The number of benzene rings is 2. The molecule has 1 atom stereocenters. The number of hydrogen-bond acceptors (Lipinski definition) is 6. The van der Waals surface area contributed by atoms with Crippen LogP contribution in [0.2, 0.25) is 5.02 Å². The van der Waals surface area contributed by atoms with Gasteiger partial charge in [0.05, 0.1) is 33.8 Å². The summed E-state index contributed by atoms with van der Waals surface area (Å²) in [4.78, 5) is 37.8. The fourth-order valence-corrected chi connectivity index (χ4v) is 5.49. The summed E-state index contributed by atoms with van der Waals surface area (Å²) < 4.78 is 14.3. The SMILES string of the molecule is CC(Cc1ncnc2nc[nH]c12)c1cc(Cl)c2cccnc2c1N1CCN(C(=O)c2ccccc2F)CC1. The molecule has 1 fully saturated rings. The van der Waals surface area contributed by atoms with Gasteiger partial charge < -0.3 is 14.8 Å². The highest BCUT2D eigenvalue weighted by molar-refractivity contribution is 6.36. The van der Waals surface area contributed by atoms with E-state index < -0.39 is 5.82 Å². The molecule has 38 heavy (non-hydrogen) atoms. The molecule has 2 aromatic carbocycles. The molecule has 6 rings (SSSR count). The zero-order chi connectivity index (χ0) is 26.2. The predicted molar refractivity (Wildman–Crippen MR) is 145 cm³/mol. The number of H-pyrrole nitrogens is 1. The first kappa shape index (κ1) is 24.2. The van der Waals surface area contributed by atoms with E-state index in [-0.39, 0.29) is 17.4 Å².